The summed E-state index contributed by atoms with van der Waals surface area (Å²) in [6.07, 6.45) is 1.98. The molecule has 0 saturated heterocycles. The first-order valence-electron chi connectivity index (χ1n) is 12.1. The van der Waals surface area contributed by atoms with Crippen molar-refractivity contribution in [2.24, 2.45) is 0 Å². The van der Waals surface area contributed by atoms with E-state index in [-0.39, 0.29) is 38.0 Å². The summed E-state index contributed by atoms with van der Waals surface area (Å²) in [6.45, 7) is 6.67. The van der Waals surface area contributed by atoms with Crippen LogP contribution >= 0.6 is 0 Å². The van der Waals surface area contributed by atoms with Crippen molar-refractivity contribution < 1.29 is 27.5 Å². The van der Waals surface area contributed by atoms with Crippen LogP contribution < -0.4 is 19.1 Å². The van der Waals surface area contributed by atoms with Crippen molar-refractivity contribution in [1.82, 2.24) is 10.2 Å². The molecular weight excluding hydrogens is 482 g/mol. The predicted molar refractivity (Wildman–Crippen MR) is 138 cm³/mol. The van der Waals surface area contributed by atoms with Crippen LogP contribution in [0.5, 0.6) is 11.5 Å². The highest BCUT2D eigenvalue weighted by molar-refractivity contribution is 7.92. The fraction of sp³-hybridized carbons (Fsp3) is 0.462. The zero-order chi connectivity index (χ0) is 26.3. The minimum absolute atomic E-state index is 0.0904. The molecule has 36 heavy (non-hydrogen) atoms. The molecule has 3 rings (SSSR count). The number of fused-ring (bicyclic) bond motifs is 1. The highest BCUT2D eigenvalue weighted by Gasteiger charge is 2.29. The monoisotopic (exact) mass is 517 g/mol. The van der Waals surface area contributed by atoms with Crippen LogP contribution in [0, 0.1) is 6.92 Å². The minimum Gasteiger partial charge on any atom is -0.454 e. The molecule has 196 valence electrons. The molecule has 0 saturated carbocycles. The zero-order valence-corrected chi connectivity index (χ0v) is 22.1. The van der Waals surface area contributed by atoms with Gasteiger partial charge in [-0.25, -0.2) is 8.42 Å². The molecule has 10 heteroatoms. The third-order valence-corrected chi connectivity index (χ3v) is 7.16. The largest absolute Gasteiger partial charge is 0.454 e. The van der Waals surface area contributed by atoms with Gasteiger partial charge in [-0.15, -0.1) is 0 Å². The number of nitrogens with one attached hydrogen (secondary N) is 1. The third kappa shape index (κ3) is 6.90. The summed E-state index contributed by atoms with van der Waals surface area (Å²) in [5.74, 6) is 0.646. The molecule has 2 amide bonds. The summed E-state index contributed by atoms with van der Waals surface area (Å²) in [5, 5.41) is 2.82. The number of anilines is 1. The van der Waals surface area contributed by atoms with Gasteiger partial charge in [-0.1, -0.05) is 36.8 Å². The number of nitrogens with zero attached hydrogens (tertiary/aromatic N) is 2. The van der Waals surface area contributed by atoms with Crippen LogP contribution in [0.3, 0.4) is 0 Å². The van der Waals surface area contributed by atoms with E-state index in [4.69, 9.17) is 9.47 Å². The second-order valence-electron chi connectivity index (χ2n) is 8.81. The summed E-state index contributed by atoms with van der Waals surface area (Å²) >= 11 is 0. The average molecular weight is 518 g/mol. The Morgan fingerprint density at radius 3 is 2.50 bits per heavy atom. The van der Waals surface area contributed by atoms with Gasteiger partial charge in [0.2, 0.25) is 28.6 Å². The summed E-state index contributed by atoms with van der Waals surface area (Å²) in [7, 11) is -3.60. The van der Waals surface area contributed by atoms with Crippen LogP contribution in [0.1, 0.15) is 44.2 Å². The Bertz CT molecular complexity index is 1180. The van der Waals surface area contributed by atoms with Crippen molar-refractivity contribution >= 4 is 27.5 Å². The lowest BCUT2D eigenvalue weighted by molar-refractivity contribution is -0.141. The molecule has 0 bridgehead atoms. The van der Waals surface area contributed by atoms with Gasteiger partial charge in [0.15, 0.2) is 11.5 Å². The van der Waals surface area contributed by atoms with Gasteiger partial charge in [-0.05, 0) is 44.4 Å². The van der Waals surface area contributed by atoms with Crippen molar-refractivity contribution in [3.05, 3.63) is 53.6 Å². The van der Waals surface area contributed by atoms with Crippen molar-refractivity contribution in [3.8, 4) is 11.5 Å². The molecule has 0 spiro atoms. The smallest absolute Gasteiger partial charge is 0.242 e. The lowest BCUT2D eigenvalue weighted by Gasteiger charge is -2.31. The Morgan fingerprint density at radius 1 is 1.08 bits per heavy atom. The maximum absolute atomic E-state index is 13.4. The number of hydrogen-bond donors (Lipinski definition) is 1. The fourth-order valence-electron chi connectivity index (χ4n) is 4.26. The summed E-state index contributed by atoms with van der Waals surface area (Å²) < 4.78 is 37.0. The van der Waals surface area contributed by atoms with Crippen molar-refractivity contribution in [2.45, 2.75) is 52.6 Å². The fourth-order valence-corrected chi connectivity index (χ4v) is 5.22. The van der Waals surface area contributed by atoms with Crippen LogP contribution in [0.15, 0.2) is 42.5 Å². The number of amides is 2. The van der Waals surface area contributed by atoms with E-state index in [1.165, 1.54) is 4.31 Å². The lowest BCUT2D eigenvalue weighted by Crippen LogP contribution is -2.49. The van der Waals surface area contributed by atoms with Crippen molar-refractivity contribution in [3.63, 3.8) is 0 Å². The maximum Gasteiger partial charge on any atom is 0.242 e. The summed E-state index contributed by atoms with van der Waals surface area (Å²) in [5.41, 5.74) is 2.45. The minimum atomic E-state index is -3.60. The van der Waals surface area contributed by atoms with Gasteiger partial charge >= 0.3 is 0 Å². The SMILES string of the molecule is CCNC(=O)[C@@H](CC)N(Cc1cccc(C)c1)C(=O)CCCN(c1ccc2c(c1)OCO2)S(C)(=O)=O. The number of aryl methyl sites for hydroxylation is 1. The Kier molecular flexibility index (Phi) is 9.19. The number of carbonyl (C=O) groups is 2. The number of hydrogen-bond acceptors (Lipinski definition) is 6. The van der Waals surface area contributed by atoms with Crippen LogP contribution in [-0.4, -0.2) is 57.3 Å². The Balaban J connectivity index is 1.75. The highest BCUT2D eigenvalue weighted by Crippen LogP contribution is 2.36. The van der Waals surface area contributed by atoms with E-state index >= 15 is 0 Å². The standard InChI is InChI=1S/C26H35N3O6S/c1-5-22(26(31)27-6-2)28(17-20-10-7-9-19(3)15-20)25(30)11-8-14-29(36(4,32)33)21-12-13-23-24(16-21)35-18-34-23/h7,9-10,12-13,15-16,22H,5-6,8,11,14,17-18H2,1-4H3,(H,27,31)/t22-/m1/s1. The zero-order valence-electron chi connectivity index (χ0n) is 21.3. The normalized spacial score (nSPS) is 13.2. The van der Waals surface area contributed by atoms with Crippen LogP contribution in [0.4, 0.5) is 5.69 Å². The van der Waals surface area contributed by atoms with Gasteiger partial charge in [-0.3, -0.25) is 13.9 Å². The number of benzene rings is 2. The first-order chi connectivity index (χ1) is 17.1. The molecule has 1 aliphatic heterocycles. The van der Waals surface area contributed by atoms with E-state index in [1.807, 2.05) is 45.0 Å². The topological polar surface area (TPSA) is 105 Å². The molecule has 2 aromatic rings. The molecule has 0 unspecified atom stereocenters. The Morgan fingerprint density at radius 2 is 1.83 bits per heavy atom. The van der Waals surface area contributed by atoms with E-state index in [9.17, 15) is 18.0 Å². The third-order valence-electron chi connectivity index (χ3n) is 5.97. The Labute approximate surface area is 213 Å². The molecule has 2 aromatic carbocycles. The Hall–Kier alpha value is -3.27. The number of ether oxygens (including phenoxy) is 2. The summed E-state index contributed by atoms with van der Waals surface area (Å²) in [4.78, 5) is 27.8. The molecule has 9 nitrogen and oxygen atoms in total. The molecule has 1 heterocycles. The van der Waals surface area contributed by atoms with Crippen molar-refractivity contribution in [2.75, 3.05) is 30.4 Å². The molecular formula is C26H35N3O6S. The second-order valence-corrected chi connectivity index (χ2v) is 10.7. The molecule has 0 aromatic heterocycles. The van der Waals surface area contributed by atoms with Crippen LogP contribution in [-0.2, 0) is 26.2 Å². The van der Waals surface area contributed by atoms with E-state index in [0.717, 1.165) is 17.4 Å². The van der Waals surface area contributed by atoms with Gasteiger partial charge in [0, 0.05) is 32.1 Å². The van der Waals surface area contributed by atoms with Gasteiger partial charge in [-0.2, -0.15) is 0 Å². The molecule has 1 N–H and O–H groups in total. The maximum atomic E-state index is 13.4. The molecule has 0 aliphatic carbocycles. The van der Waals surface area contributed by atoms with E-state index in [2.05, 4.69) is 5.32 Å². The van der Waals surface area contributed by atoms with Gasteiger partial charge in [0.25, 0.3) is 0 Å². The number of sulfonamides is 1. The first kappa shape index (κ1) is 27.3. The molecule has 0 radical (unpaired) electrons. The van der Waals surface area contributed by atoms with E-state index in [1.54, 1.807) is 23.1 Å². The predicted octanol–water partition coefficient (Wildman–Crippen LogP) is 3.21. The van der Waals surface area contributed by atoms with Crippen LogP contribution in [0.2, 0.25) is 0 Å². The van der Waals surface area contributed by atoms with Gasteiger partial charge in [0.1, 0.15) is 6.04 Å². The van der Waals surface area contributed by atoms with Crippen LogP contribution in [0.25, 0.3) is 0 Å². The first-order valence-corrected chi connectivity index (χ1v) is 14.0. The van der Waals surface area contributed by atoms with E-state index < -0.39 is 16.1 Å². The number of carbonyl (C=O) groups excluding carboxylic acids is 2. The number of likely N-dealkylation sites (N-methyl/N-ethyl adjacent to an activating group) is 1. The molecule has 1 atom stereocenters. The lowest BCUT2D eigenvalue weighted by atomic mass is 10.1. The second kappa shape index (κ2) is 12.1. The summed E-state index contributed by atoms with van der Waals surface area (Å²) in [6, 6.07) is 12.2. The van der Waals surface area contributed by atoms with E-state index in [0.29, 0.717) is 36.7 Å². The van der Waals surface area contributed by atoms with Gasteiger partial charge in [0.05, 0.1) is 11.9 Å². The van der Waals surface area contributed by atoms with Crippen molar-refractivity contribution in [1.29, 1.82) is 0 Å². The molecule has 0 fully saturated rings. The average Bonchev–Trinajstić information content (AvgIpc) is 3.29. The quantitative estimate of drug-likeness (QED) is 0.464. The number of rotatable bonds is 12. The van der Waals surface area contributed by atoms with Gasteiger partial charge < -0.3 is 19.7 Å². The molecule has 1 aliphatic rings. The highest BCUT2D eigenvalue weighted by atomic mass is 32.2.